The van der Waals surface area contributed by atoms with Gasteiger partial charge >= 0.3 is 5.97 Å². The largest absolute Gasteiger partial charge is 0.464 e. The van der Waals surface area contributed by atoms with E-state index in [1.165, 1.54) is 7.11 Å². The fourth-order valence-electron chi connectivity index (χ4n) is 1.38. The van der Waals surface area contributed by atoms with Crippen LogP contribution in [0.5, 0.6) is 0 Å². The number of benzene rings is 1. The van der Waals surface area contributed by atoms with E-state index in [2.05, 4.69) is 5.32 Å². The highest BCUT2D eigenvalue weighted by atomic mass is 16.5. The van der Waals surface area contributed by atoms with Gasteiger partial charge in [-0.3, -0.25) is 0 Å². The van der Waals surface area contributed by atoms with E-state index < -0.39 is 0 Å². The van der Waals surface area contributed by atoms with Crippen LogP contribution in [-0.2, 0) is 9.53 Å². The van der Waals surface area contributed by atoms with Crippen LogP contribution in [-0.4, -0.2) is 32.1 Å². The van der Waals surface area contributed by atoms with Crippen LogP contribution in [0.4, 0.5) is 5.69 Å². The third kappa shape index (κ3) is 4.18. The summed E-state index contributed by atoms with van der Waals surface area (Å²) in [7, 11) is 5.06. The Morgan fingerprint density at radius 1 is 1.41 bits per heavy atom. The van der Waals surface area contributed by atoms with Crippen molar-refractivity contribution in [2.45, 2.75) is 6.92 Å². The van der Waals surface area contributed by atoms with Gasteiger partial charge in [-0.15, -0.1) is 0 Å². The lowest BCUT2D eigenvalue weighted by molar-refractivity contribution is -0.136. The van der Waals surface area contributed by atoms with Crippen molar-refractivity contribution in [3.8, 4) is 0 Å². The van der Waals surface area contributed by atoms with Crippen LogP contribution in [0.15, 0.2) is 36.2 Å². The molecule has 1 rings (SSSR count). The van der Waals surface area contributed by atoms with Gasteiger partial charge in [0.15, 0.2) is 0 Å². The molecule has 0 saturated carbocycles. The van der Waals surface area contributed by atoms with Gasteiger partial charge in [0.05, 0.1) is 7.11 Å². The lowest BCUT2D eigenvalue weighted by atomic mass is 10.2. The molecule has 4 heteroatoms. The molecule has 0 saturated heterocycles. The summed E-state index contributed by atoms with van der Waals surface area (Å²) >= 11 is 0. The van der Waals surface area contributed by atoms with Gasteiger partial charge in [-0.1, -0.05) is 12.1 Å². The van der Waals surface area contributed by atoms with E-state index in [1.54, 1.807) is 11.1 Å². The normalized spacial score (nSPS) is 10.9. The standard InChI is InChI=1S/C13H18N2O2/c1-10-6-5-7-11(8-10)14-12(9-15(2)3)13(16)17-4/h5-9,14H,1-4H3/b12-9-. The highest BCUT2D eigenvalue weighted by Crippen LogP contribution is 2.13. The topological polar surface area (TPSA) is 41.6 Å². The van der Waals surface area contributed by atoms with Gasteiger partial charge in [0.25, 0.3) is 0 Å². The van der Waals surface area contributed by atoms with Crippen LogP contribution < -0.4 is 5.32 Å². The highest BCUT2D eigenvalue weighted by molar-refractivity contribution is 5.91. The molecule has 17 heavy (non-hydrogen) atoms. The molecular weight excluding hydrogens is 216 g/mol. The molecule has 0 aromatic heterocycles. The Morgan fingerprint density at radius 2 is 2.12 bits per heavy atom. The van der Waals surface area contributed by atoms with Gasteiger partial charge in [-0.2, -0.15) is 0 Å². The van der Waals surface area contributed by atoms with E-state index in [4.69, 9.17) is 4.74 Å². The maximum Gasteiger partial charge on any atom is 0.355 e. The van der Waals surface area contributed by atoms with Gasteiger partial charge in [0.2, 0.25) is 0 Å². The maximum atomic E-state index is 11.6. The first kappa shape index (κ1) is 13.1. The molecule has 0 aliphatic heterocycles. The predicted octanol–water partition coefficient (Wildman–Crippen LogP) is 1.98. The van der Waals surface area contributed by atoms with Crippen LogP contribution >= 0.6 is 0 Å². The van der Waals surface area contributed by atoms with Crippen LogP contribution in [0.2, 0.25) is 0 Å². The molecule has 0 heterocycles. The first-order valence-electron chi connectivity index (χ1n) is 5.33. The summed E-state index contributed by atoms with van der Waals surface area (Å²) in [6, 6.07) is 7.80. The molecule has 0 aliphatic rings. The molecule has 0 unspecified atom stereocenters. The van der Waals surface area contributed by atoms with Crippen molar-refractivity contribution >= 4 is 11.7 Å². The zero-order valence-electron chi connectivity index (χ0n) is 10.7. The molecule has 92 valence electrons. The number of carbonyl (C=O) groups excluding carboxylic acids is 1. The van der Waals surface area contributed by atoms with Gasteiger partial charge in [-0.25, -0.2) is 4.79 Å². The predicted molar refractivity (Wildman–Crippen MR) is 68.6 cm³/mol. The number of methoxy groups -OCH3 is 1. The SMILES string of the molecule is COC(=O)/C(=C/N(C)C)Nc1cccc(C)c1. The van der Waals surface area contributed by atoms with Gasteiger partial charge in [-0.05, 0) is 24.6 Å². The fraction of sp³-hybridized carbons (Fsp3) is 0.308. The molecule has 0 atom stereocenters. The third-order valence-corrected chi connectivity index (χ3v) is 2.09. The molecule has 1 N–H and O–H groups in total. The summed E-state index contributed by atoms with van der Waals surface area (Å²) in [4.78, 5) is 13.3. The van der Waals surface area contributed by atoms with Crippen LogP contribution in [0, 0.1) is 6.92 Å². The average Bonchev–Trinajstić information content (AvgIpc) is 2.26. The molecule has 1 aromatic rings. The number of hydrogen-bond donors (Lipinski definition) is 1. The summed E-state index contributed by atoms with van der Waals surface area (Å²) in [6.45, 7) is 2.00. The van der Waals surface area contributed by atoms with Crippen molar-refractivity contribution in [1.29, 1.82) is 0 Å². The van der Waals surface area contributed by atoms with Crippen LogP contribution in [0.25, 0.3) is 0 Å². The minimum Gasteiger partial charge on any atom is -0.464 e. The van der Waals surface area contributed by atoms with E-state index in [0.717, 1.165) is 11.3 Å². The summed E-state index contributed by atoms with van der Waals surface area (Å²) in [5, 5.41) is 3.05. The first-order chi connectivity index (χ1) is 8.02. The number of ether oxygens (including phenoxy) is 1. The van der Waals surface area contributed by atoms with Crippen molar-refractivity contribution in [3.05, 3.63) is 41.7 Å². The maximum absolute atomic E-state index is 11.6. The van der Waals surface area contributed by atoms with E-state index in [1.807, 2.05) is 45.3 Å². The lowest BCUT2D eigenvalue weighted by Gasteiger charge is -2.13. The number of aryl methyl sites for hydroxylation is 1. The number of hydrogen-bond acceptors (Lipinski definition) is 4. The van der Waals surface area contributed by atoms with Gasteiger partial charge in [0, 0.05) is 26.0 Å². The van der Waals surface area contributed by atoms with Crippen LogP contribution in [0.3, 0.4) is 0 Å². The lowest BCUT2D eigenvalue weighted by Crippen LogP contribution is -2.17. The summed E-state index contributed by atoms with van der Waals surface area (Å²) < 4.78 is 4.72. The Labute approximate surface area is 102 Å². The van der Waals surface area contributed by atoms with E-state index in [-0.39, 0.29) is 5.97 Å². The molecular formula is C13H18N2O2. The molecule has 0 radical (unpaired) electrons. The summed E-state index contributed by atoms with van der Waals surface area (Å²) in [5.74, 6) is -0.389. The highest BCUT2D eigenvalue weighted by Gasteiger charge is 2.10. The minimum atomic E-state index is -0.389. The smallest absolute Gasteiger partial charge is 0.355 e. The Bertz CT molecular complexity index is 425. The molecule has 0 aliphatic carbocycles. The Hall–Kier alpha value is -1.97. The zero-order valence-corrected chi connectivity index (χ0v) is 10.7. The summed E-state index contributed by atoms with van der Waals surface area (Å²) in [5.41, 5.74) is 2.40. The van der Waals surface area contributed by atoms with Crippen molar-refractivity contribution in [2.75, 3.05) is 26.5 Å². The van der Waals surface area contributed by atoms with E-state index in [0.29, 0.717) is 5.70 Å². The number of nitrogens with one attached hydrogen (secondary N) is 1. The molecule has 0 bridgehead atoms. The van der Waals surface area contributed by atoms with Crippen molar-refractivity contribution in [2.24, 2.45) is 0 Å². The monoisotopic (exact) mass is 234 g/mol. The zero-order chi connectivity index (χ0) is 12.8. The Morgan fingerprint density at radius 3 is 2.65 bits per heavy atom. The second-order valence-electron chi connectivity index (χ2n) is 3.99. The second kappa shape index (κ2) is 5.94. The van der Waals surface area contributed by atoms with Crippen molar-refractivity contribution in [3.63, 3.8) is 0 Å². The summed E-state index contributed by atoms with van der Waals surface area (Å²) in [6.07, 6.45) is 1.69. The molecule has 1 aromatic carbocycles. The molecule has 4 nitrogen and oxygen atoms in total. The second-order valence-corrected chi connectivity index (χ2v) is 3.99. The van der Waals surface area contributed by atoms with Crippen molar-refractivity contribution in [1.82, 2.24) is 4.90 Å². The minimum absolute atomic E-state index is 0.389. The first-order valence-corrected chi connectivity index (χ1v) is 5.33. The van der Waals surface area contributed by atoms with Crippen LogP contribution in [0.1, 0.15) is 5.56 Å². The number of anilines is 1. The number of carbonyl (C=O) groups is 1. The average molecular weight is 234 g/mol. The quantitative estimate of drug-likeness (QED) is 0.639. The van der Waals surface area contributed by atoms with Gasteiger partial charge in [0.1, 0.15) is 5.70 Å². The number of esters is 1. The Balaban J connectivity index is 2.91. The van der Waals surface area contributed by atoms with E-state index in [9.17, 15) is 4.79 Å². The Kier molecular flexibility index (Phi) is 4.57. The van der Waals surface area contributed by atoms with Gasteiger partial charge < -0.3 is 15.0 Å². The molecule has 0 amide bonds. The number of rotatable bonds is 4. The molecule has 0 fully saturated rings. The number of nitrogens with zero attached hydrogens (tertiary/aromatic N) is 1. The van der Waals surface area contributed by atoms with Crippen molar-refractivity contribution < 1.29 is 9.53 Å². The fourth-order valence-corrected chi connectivity index (χ4v) is 1.38. The third-order valence-electron chi connectivity index (χ3n) is 2.09. The molecule has 0 spiro atoms. The van der Waals surface area contributed by atoms with E-state index >= 15 is 0 Å².